The van der Waals surface area contributed by atoms with E-state index in [4.69, 9.17) is 14.3 Å². The number of aromatic hydroxyl groups is 1. The molecule has 2 N–H and O–H groups in total. The van der Waals surface area contributed by atoms with Gasteiger partial charge in [-0.15, -0.1) is 0 Å². The van der Waals surface area contributed by atoms with E-state index in [-0.39, 0.29) is 17.9 Å². The summed E-state index contributed by atoms with van der Waals surface area (Å²) in [6.07, 6.45) is -0.457. The summed E-state index contributed by atoms with van der Waals surface area (Å²) >= 11 is 0. The minimum Gasteiger partial charge on any atom is -0.502 e. The zero-order valence-corrected chi connectivity index (χ0v) is 13.3. The molecule has 0 radical (unpaired) electrons. The molecule has 0 fully saturated rings. The number of hydrogen-bond donors (Lipinski definition) is 2. The maximum atomic E-state index is 14.2. The fourth-order valence-corrected chi connectivity index (χ4v) is 2.38. The summed E-state index contributed by atoms with van der Waals surface area (Å²) in [5.41, 5.74) is -1.02. The average molecular weight is 354 g/mol. The Morgan fingerprint density at radius 2 is 2.04 bits per heavy atom. The molecule has 1 atom stereocenters. The van der Waals surface area contributed by atoms with Crippen molar-refractivity contribution in [3.8, 4) is 5.75 Å². The quantitative estimate of drug-likeness (QED) is 0.772. The van der Waals surface area contributed by atoms with E-state index in [1.807, 2.05) is 0 Å². The third-order valence-corrected chi connectivity index (χ3v) is 3.49. The first-order valence-corrected chi connectivity index (χ1v) is 7.44. The van der Waals surface area contributed by atoms with Gasteiger partial charge in [-0.2, -0.15) is 0 Å². The fraction of sp³-hybridized carbons (Fsp3) is 0.294. The highest BCUT2D eigenvalue weighted by atomic mass is 19.1. The van der Waals surface area contributed by atoms with Crippen molar-refractivity contribution in [2.75, 3.05) is 6.61 Å². The zero-order valence-electron chi connectivity index (χ0n) is 13.3. The number of ether oxygens (including phenoxy) is 1. The molecule has 25 heavy (non-hydrogen) atoms. The lowest BCUT2D eigenvalue weighted by molar-refractivity contribution is -0.143. The van der Waals surface area contributed by atoms with Crippen molar-refractivity contribution in [3.05, 3.63) is 63.2 Å². The van der Waals surface area contributed by atoms with E-state index >= 15 is 0 Å². The van der Waals surface area contributed by atoms with Gasteiger partial charge in [0.1, 0.15) is 24.0 Å². The van der Waals surface area contributed by atoms with Crippen LogP contribution in [-0.2, 0) is 16.1 Å². The topological polar surface area (TPSA) is 97.0 Å². The Kier molecular flexibility index (Phi) is 5.87. The van der Waals surface area contributed by atoms with Crippen LogP contribution in [0.4, 0.5) is 8.78 Å². The van der Waals surface area contributed by atoms with E-state index in [1.54, 1.807) is 6.92 Å². The Balaban J connectivity index is 2.61. The molecule has 1 aromatic carbocycles. The molecule has 1 heterocycles. The number of halogens is 2. The molecule has 0 amide bonds. The van der Waals surface area contributed by atoms with Crippen LogP contribution >= 0.6 is 0 Å². The number of esters is 1. The molecule has 0 aliphatic heterocycles. The van der Waals surface area contributed by atoms with Gasteiger partial charge in [0, 0.05) is 12.1 Å². The molecule has 0 saturated carbocycles. The molecule has 0 aliphatic rings. The minimum absolute atomic E-state index is 0.0735. The van der Waals surface area contributed by atoms with Gasteiger partial charge in [-0.1, -0.05) is 6.07 Å². The Bertz CT molecular complexity index is 830. The summed E-state index contributed by atoms with van der Waals surface area (Å²) in [5, 5.41) is 19.2. The molecule has 134 valence electrons. The van der Waals surface area contributed by atoms with Crippen LogP contribution in [0.1, 0.15) is 36.3 Å². The predicted octanol–water partition coefficient (Wildman–Crippen LogP) is 2.20. The summed E-state index contributed by atoms with van der Waals surface area (Å²) in [7, 11) is 0. The zero-order chi connectivity index (χ0) is 18.6. The van der Waals surface area contributed by atoms with Gasteiger partial charge in [0.25, 0.3) is 0 Å². The molecule has 2 rings (SSSR count). The molecular formula is C17H16F2O6. The summed E-state index contributed by atoms with van der Waals surface area (Å²) < 4.78 is 37.4. The summed E-state index contributed by atoms with van der Waals surface area (Å²) in [5.74, 6) is -5.18. The Labute approximate surface area is 141 Å². The summed E-state index contributed by atoms with van der Waals surface area (Å²) in [6, 6.07) is 3.54. The fourth-order valence-electron chi connectivity index (χ4n) is 2.38. The van der Waals surface area contributed by atoms with Crippen molar-refractivity contribution in [2.24, 2.45) is 0 Å². The second kappa shape index (κ2) is 7.89. The molecule has 0 spiro atoms. The maximum Gasteiger partial charge on any atom is 0.306 e. The standard InChI is InChI=1S/C17H16F2O6/c1-2-24-15(22)7-12(11-4-3-9(18)5-13(11)19)17-16(23)14(21)6-10(8-20)25-17/h3-6,12,20,23H,2,7-8H2,1H3. The Morgan fingerprint density at radius 1 is 1.32 bits per heavy atom. The predicted molar refractivity (Wildman–Crippen MR) is 82.0 cm³/mol. The van der Waals surface area contributed by atoms with E-state index in [9.17, 15) is 23.5 Å². The van der Waals surface area contributed by atoms with Crippen molar-refractivity contribution in [2.45, 2.75) is 25.9 Å². The van der Waals surface area contributed by atoms with E-state index in [0.29, 0.717) is 6.07 Å². The lowest BCUT2D eigenvalue weighted by Gasteiger charge is -2.18. The largest absolute Gasteiger partial charge is 0.502 e. The molecule has 1 aromatic heterocycles. The minimum atomic E-state index is -1.24. The monoisotopic (exact) mass is 354 g/mol. The third kappa shape index (κ3) is 4.21. The van der Waals surface area contributed by atoms with Crippen molar-refractivity contribution in [1.82, 2.24) is 0 Å². The molecule has 8 heteroatoms. The average Bonchev–Trinajstić information content (AvgIpc) is 2.56. The number of carbonyl (C=O) groups is 1. The second-order valence-electron chi connectivity index (χ2n) is 5.18. The molecule has 0 aliphatic carbocycles. The number of rotatable bonds is 6. The van der Waals surface area contributed by atoms with Gasteiger partial charge in [0.05, 0.1) is 18.9 Å². The molecule has 6 nitrogen and oxygen atoms in total. The van der Waals surface area contributed by atoms with Crippen LogP contribution in [0.15, 0.2) is 33.5 Å². The van der Waals surface area contributed by atoms with Crippen LogP contribution in [0, 0.1) is 11.6 Å². The highest BCUT2D eigenvalue weighted by Crippen LogP contribution is 2.34. The first-order valence-electron chi connectivity index (χ1n) is 7.44. The maximum absolute atomic E-state index is 14.2. The normalized spacial score (nSPS) is 12.0. The summed E-state index contributed by atoms with van der Waals surface area (Å²) in [6.45, 7) is 1.01. The van der Waals surface area contributed by atoms with Gasteiger partial charge in [-0.3, -0.25) is 9.59 Å². The van der Waals surface area contributed by atoms with E-state index in [0.717, 1.165) is 18.2 Å². The molecule has 0 saturated heterocycles. The van der Waals surface area contributed by atoms with Gasteiger partial charge >= 0.3 is 5.97 Å². The first kappa shape index (κ1) is 18.6. The molecule has 0 bridgehead atoms. The van der Waals surface area contributed by atoms with Crippen molar-refractivity contribution >= 4 is 5.97 Å². The van der Waals surface area contributed by atoms with Crippen LogP contribution in [-0.4, -0.2) is 22.8 Å². The highest BCUT2D eigenvalue weighted by Gasteiger charge is 2.29. The van der Waals surface area contributed by atoms with Crippen LogP contribution < -0.4 is 5.43 Å². The van der Waals surface area contributed by atoms with Gasteiger partial charge in [-0.25, -0.2) is 8.78 Å². The Hall–Kier alpha value is -2.74. The Morgan fingerprint density at radius 3 is 2.64 bits per heavy atom. The molecule has 1 unspecified atom stereocenters. The highest BCUT2D eigenvalue weighted by molar-refractivity contribution is 5.71. The third-order valence-electron chi connectivity index (χ3n) is 3.49. The second-order valence-corrected chi connectivity index (χ2v) is 5.18. The number of aliphatic hydroxyl groups is 1. The van der Waals surface area contributed by atoms with E-state index < -0.39 is 53.5 Å². The number of carbonyl (C=O) groups excluding carboxylic acids is 1. The molecule has 2 aromatic rings. The number of aliphatic hydroxyl groups excluding tert-OH is 1. The van der Waals surface area contributed by atoms with Crippen molar-refractivity contribution < 1.29 is 32.9 Å². The van der Waals surface area contributed by atoms with Crippen LogP contribution in [0.2, 0.25) is 0 Å². The van der Waals surface area contributed by atoms with Crippen LogP contribution in [0.5, 0.6) is 5.75 Å². The van der Waals surface area contributed by atoms with Gasteiger partial charge in [0.15, 0.2) is 5.76 Å². The smallest absolute Gasteiger partial charge is 0.306 e. The lowest BCUT2D eigenvalue weighted by Crippen LogP contribution is -2.16. The molecular weight excluding hydrogens is 338 g/mol. The first-order chi connectivity index (χ1) is 11.9. The van der Waals surface area contributed by atoms with Crippen molar-refractivity contribution in [1.29, 1.82) is 0 Å². The van der Waals surface area contributed by atoms with Crippen LogP contribution in [0.25, 0.3) is 0 Å². The summed E-state index contributed by atoms with van der Waals surface area (Å²) in [4.78, 5) is 23.7. The number of benzene rings is 1. The number of hydrogen-bond acceptors (Lipinski definition) is 6. The van der Waals surface area contributed by atoms with E-state index in [2.05, 4.69) is 0 Å². The SMILES string of the molecule is CCOC(=O)CC(c1ccc(F)cc1F)c1oc(CO)cc(=O)c1O. The van der Waals surface area contributed by atoms with Crippen molar-refractivity contribution in [3.63, 3.8) is 0 Å². The van der Waals surface area contributed by atoms with Gasteiger partial charge in [0.2, 0.25) is 11.2 Å². The van der Waals surface area contributed by atoms with Gasteiger partial charge < -0.3 is 19.4 Å². The van der Waals surface area contributed by atoms with Gasteiger partial charge in [-0.05, 0) is 18.6 Å². The lowest BCUT2D eigenvalue weighted by atomic mass is 9.91. The van der Waals surface area contributed by atoms with Crippen LogP contribution in [0.3, 0.4) is 0 Å². The van der Waals surface area contributed by atoms with E-state index in [1.165, 1.54) is 0 Å².